The largest absolute Gasteiger partial charge is 0.310 e. The van der Waals surface area contributed by atoms with E-state index in [-0.39, 0.29) is 0 Å². The second-order valence-corrected chi connectivity index (χ2v) is 13.7. The van der Waals surface area contributed by atoms with E-state index in [0.717, 1.165) is 66.7 Å². The van der Waals surface area contributed by atoms with Gasteiger partial charge in [0.2, 0.25) is 5.95 Å². The fourth-order valence-corrected chi connectivity index (χ4v) is 7.72. The molecule has 0 aliphatic heterocycles. The van der Waals surface area contributed by atoms with Crippen LogP contribution in [0.4, 0.5) is 17.1 Å². The lowest BCUT2D eigenvalue weighted by atomic mass is 9.99. The van der Waals surface area contributed by atoms with Gasteiger partial charge in [-0.25, -0.2) is 4.98 Å². The molecule has 0 aliphatic rings. The van der Waals surface area contributed by atoms with E-state index >= 15 is 0 Å². The summed E-state index contributed by atoms with van der Waals surface area (Å²) >= 11 is 0. The third-order valence-electron chi connectivity index (χ3n) is 10.2. The quantitative estimate of drug-likeness (QED) is 0.157. The van der Waals surface area contributed by atoms with Gasteiger partial charge >= 0.3 is 0 Å². The molecule has 5 nitrogen and oxygen atoms in total. The highest BCUT2D eigenvalue weighted by Crippen LogP contribution is 2.42. The van der Waals surface area contributed by atoms with Crippen molar-refractivity contribution in [1.82, 2.24) is 19.5 Å². The van der Waals surface area contributed by atoms with E-state index in [1.807, 2.05) is 18.2 Å². The van der Waals surface area contributed by atoms with Crippen molar-refractivity contribution in [2.24, 2.45) is 0 Å². The van der Waals surface area contributed by atoms with Crippen LogP contribution in [0.1, 0.15) is 0 Å². The van der Waals surface area contributed by atoms with Crippen LogP contribution in [-0.2, 0) is 0 Å². The second kappa shape index (κ2) is 14.3. The summed E-state index contributed by atoms with van der Waals surface area (Å²) in [6.07, 6.45) is 0. The van der Waals surface area contributed by atoms with Crippen molar-refractivity contribution in [3.63, 3.8) is 0 Å². The molecule has 0 atom stereocenters. The van der Waals surface area contributed by atoms with Crippen LogP contribution in [0.3, 0.4) is 0 Å². The van der Waals surface area contributed by atoms with Crippen LogP contribution in [0.2, 0.25) is 0 Å². The average molecular weight is 718 g/mol. The zero-order chi connectivity index (χ0) is 37.3. The van der Waals surface area contributed by atoms with Crippen molar-refractivity contribution in [2.75, 3.05) is 4.90 Å². The first kappa shape index (κ1) is 33.0. The van der Waals surface area contributed by atoms with Gasteiger partial charge < -0.3 is 4.90 Å². The fraction of sp³-hybridized carbons (Fsp3) is 0. The van der Waals surface area contributed by atoms with Gasteiger partial charge in [-0.05, 0) is 65.2 Å². The number of aromatic nitrogens is 4. The molecule has 0 radical (unpaired) electrons. The van der Waals surface area contributed by atoms with Crippen molar-refractivity contribution in [3.05, 3.63) is 212 Å². The highest BCUT2D eigenvalue weighted by Gasteiger charge is 2.21. The summed E-state index contributed by atoms with van der Waals surface area (Å²) in [4.78, 5) is 17.9. The minimum absolute atomic E-state index is 0.565. The van der Waals surface area contributed by atoms with Gasteiger partial charge in [0.1, 0.15) is 0 Å². The van der Waals surface area contributed by atoms with E-state index in [9.17, 15) is 0 Å². The number of para-hydroxylation sites is 4. The van der Waals surface area contributed by atoms with Gasteiger partial charge in [-0.3, -0.25) is 4.57 Å². The van der Waals surface area contributed by atoms with E-state index < -0.39 is 0 Å². The molecule has 0 bridgehead atoms. The topological polar surface area (TPSA) is 46.8 Å². The summed E-state index contributed by atoms with van der Waals surface area (Å²) in [5.74, 6) is 1.78. The molecule has 0 saturated heterocycles. The minimum atomic E-state index is 0.565. The molecule has 56 heavy (non-hydrogen) atoms. The molecule has 0 N–H and O–H groups in total. The maximum absolute atomic E-state index is 5.29. The van der Waals surface area contributed by atoms with Gasteiger partial charge in [-0.15, -0.1) is 0 Å². The van der Waals surface area contributed by atoms with Crippen molar-refractivity contribution in [1.29, 1.82) is 0 Å². The van der Waals surface area contributed by atoms with Crippen LogP contribution in [-0.4, -0.2) is 19.5 Å². The SMILES string of the molecule is c1ccc(-c2nc(-c3cccc(-c4ccccc4N(c4ccccc4)c4ccccc4)c3)nc(-n3c4ccccc4c4c(-c5ccccc5)cccc43)n2)cc1. The van der Waals surface area contributed by atoms with E-state index in [4.69, 9.17) is 15.0 Å². The summed E-state index contributed by atoms with van der Waals surface area (Å²) in [6.45, 7) is 0. The van der Waals surface area contributed by atoms with E-state index in [1.165, 1.54) is 5.56 Å². The number of rotatable bonds is 8. The highest BCUT2D eigenvalue weighted by molar-refractivity contribution is 6.15. The Balaban J connectivity index is 1.17. The molecular weight excluding hydrogens is 683 g/mol. The molecule has 0 fully saturated rings. The summed E-state index contributed by atoms with van der Waals surface area (Å²) in [5, 5.41) is 2.31. The number of hydrogen-bond donors (Lipinski definition) is 0. The molecule has 5 heteroatoms. The Bertz CT molecular complexity index is 2920. The second-order valence-electron chi connectivity index (χ2n) is 13.7. The third-order valence-corrected chi connectivity index (χ3v) is 10.2. The van der Waals surface area contributed by atoms with E-state index in [1.54, 1.807) is 0 Å². The number of hydrogen-bond acceptors (Lipinski definition) is 4. The number of fused-ring (bicyclic) bond motifs is 3. The Morgan fingerprint density at radius 2 is 0.857 bits per heavy atom. The third kappa shape index (κ3) is 5.98. The molecule has 2 aromatic heterocycles. The number of benzene rings is 8. The molecule has 264 valence electrons. The van der Waals surface area contributed by atoms with Crippen LogP contribution >= 0.6 is 0 Å². The highest BCUT2D eigenvalue weighted by atomic mass is 15.2. The summed E-state index contributed by atoms with van der Waals surface area (Å²) in [7, 11) is 0. The van der Waals surface area contributed by atoms with Crippen molar-refractivity contribution in [2.45, 2.75) is 0 Å². The standard InChI is InChI=1S/C51H35N5/c1-5-19-36(20-6-1)43-31-18-34-47-48(43)44-30-14-16-33-46(44)56(47)51-53-49(37-21-7-2-8-22-37)52-50(54-51)39-24-17-23-38(35-39)42-29-13-15-32-45(42)55(40-25-9-3-10-26-40)41-27-11-4-12-28-41/h1-35H. The predicted octanol–water partition coefficient (Wildman–Crippen LogP) is 13.1. The average Bonchev–Trinajstić information content (AvgIpc) is 3.63. The summed E-state index contributed by atoms with van der Waals surface area (Å²) in [5.41, 5.74) is 11.6. The molecular formula is C51H35N5. The first-order valence-corrected chi connectivity index (χ1v) is 18.8. The normalized spacial score (nSPS) is 11.2. The number of anilines is 3. The maximum Gasteiger partial charge on any atom is 0.238 e. The van der Waals surface area contributed by atoms with Gasteiger partial charge in [0.15, 0.2) is 11.6 Å². The zero-order valence-corrected chi connectivity index (χ0v) is 30.4. The van der Waals surface area contributed by atoms with Crippen LogP contribution in [0, 0.1) is 0 Å². The number of nitrogens with zero attached hydrogens (tertiary/aromatic N) is 5. The van der Waals surface area contributed by atoms with Gasteiger partial charge in [-0.1, -0.05) is 164 Å². The minimum Gasteiger partial charge on any atom is -0.310 e. The van der Waals surface area contributed by atoms with E-state index in [0.29, 0.717) is 17.6 Å². The molecule has 8 aromatic carbocycles. The zero-order valence-electron chi connectivity index (χ0n) is 30.4. The molecule has 0 aliphatic carbocycles. The van der Waals surface area contributed by atoms with Gasteiger partial charge in [0.25, 0.3) is 0 Å². The monoisotopic (exact) mass is 717 g/mol. The lowest BCUT2D eigenvalue weighted by Gasteiger charge is -2.27. The Morgan fingerprint density at radius 1 is 0.357 bits per heavy atom. The molecule has 10 aromatic rings. The Morgan fingerprint density at radius 3 is 1.57 bits per heavy atom. The molecule has 0 spiro atoms. The first-order valence-electron chi connectivity index (χ1n) is 18.8. The van der Waals surface area contributed by atoms with Crippen molar-refractivity contribution in [3.8, 4) is 51.0 Å². The predicted molar refractivity (Wildman–Crippen MR) is 231 cm³/mol. The van der Waals surface area contributed by atoms with Crippen LogP contribution < -0.4 is 4.90 Å². The summed E-state index contributed by atoms with van der Waals surface area (Å²) in [6, 6.07) is 73.8. The first-order chi connectivity index (χ1) is 27.8. The Labute approximate surface area is 325 Å². The van der Waals surface area contributed by atoms with Gasteiger partial charge in [0, 0.05) is 38.8 Å². The van der Waals surface area contributed by atoms with Crippen LogP contribution in [0.25, 0.3) is 72.8 Å². The van der Waals surface area contributed by atoms with Crippen LogP contribution in [0.5, 0.6) is 0 Å². The van der Waals surface area contributed by atoms with Gasteiger partial charge in [0.05, 0.1) is 16.7 Å². The Kier molecular flexibility index (Phi) is 8.43. The maximum atomic E-state index is 5.29. The molecule has 0 unspecified atom stereocenters. The summed E-state index contributed by atoms with van der Waals surface area (Å²) < 4.78 is 2.19. The van der Waals surface area contributed by atoms with Crippen molar-refractivity contribution >= 4 is 38.9 Å². The van der Waals surface area contributed by atoms with Gasteiger partial charge in [-0.2, -0.15) is 9.97 Å². The smallest absolute Gasteiger partial charge is 0.238 e. The van der Waals surface area contributed by atoms with Crippen LogP contribution in [0.15, 0.2) is 212 Å². The van der Waals surface area contributed by atoms with Crippen molar-refractivity contribution < 1.29 is 0 Å². The molecule has 2 heterocycles. The Hall–Kier alpha value is -7.63. The molecule has 10 rings (SSSR count). The fourth-order valence-electron chi connectivity index (χ4n) is 7.72. The lowest BCUT2D eigenvalue weighted by Crippen LogP contribution is -2.11. The molecule has 0 amide bonds. The lowest BCUT2D eigenvalue weighted by molar-refractivity contribution is 0.953. The molecule has 0 saturated carbocycles. The van der Waals surface area contributed by atoms with E-state index in [2.05, 4.69) is 204 Å².